The number of morpholine rings is 1. The zero-order valence-electron chi connectivity index (χ0n) is 21.7. The monoisotopic (exact) mass is 507 g/mol. The fourth-order valence-electron chi connectivity index (χ4n) is 5.60. The van der Waals surface area contributed by atoms with E-state index < -0.39 is 5.60 Å². The zero-order valence-corrected chi connectivity index (χ0v) is 21.7. The van der Waals surface area contributed by atoms with Gasteiger partial charge in [0, 0.05) is 53.5 Å². The van der Waals surface area contributed by atoms with E-state index in [9.17, 15) is 5.11 Å². The molecule has 4 aromatic carbocycles. The standard InChI is InChI=1S/C33H33NO4/c1-36-27-14-12-26(13-15-27)33(25-10-8-24(9-11-25)5-4-20-35)17-16-30-28-6-2-3-7-29(28)31(23-32(30)38-33)34-18-21-37-22-19-34/h2-3,6-17,23,35H,4-5,18-22H2,1H3. The highest BCUT2D eigenvalue weighted by Gasteiger charge is 2.38. The molecule has 2 heterocycles. The number of hydrogen-bond donors (Lipinski definition) is 1. The number of anilines is 1. The van der Waals surface area contributed by atoms with Crippen LogP contribution in [-0.2, 0) is 16.8 Å². The van der Waals surface area contributed by atoms with Crippen LogP contribution < -0.4 is 14.4 Å². The number of fused-ring (bicyclic) bond motifs is 3. The van der Waals surface area contributed by atoms with Crippen molar-refractivity contribution in [1.82, 2.24) is 0 Å². The van der Waals surface area contributed by atoms with Crippen molar-refractivity contribution in [2.75, 3.05) is 44.9 Å². The van der Waals surface area contributed by atoms with Gasteiger partial charge in [0.15, 0.2) is 5.60 Å². The Morgan fingerprint density at radius 2 is 1.58 bits per heavy atom. The van der Waals surface area contributed by atoms with Crippen LogP contribution in [0.4, 0.5) is 5.69 Å². The third-order valence-corrected chi connectivity index (χ3v) is 7.66. The molecule has 0 saturated carbocycles. The van der Waals surface area contributed by atoms with E-state index in [2.05, 4.69) is 83.8 Å². The fraction of sp³-hybridized carbons (Fsp3) is 0.273. The lowest BCUT2D eigenvalue weighted by atomic mass is 9.82. The molecule has 1 atom stereocenters. The van der Waals surface area contributed by atoms with Crippen molar-refractivity contribution in [2.24, 2.45) is 0 Å². The molecule has 38 heavy (non-hydrogen) atoms. The van der Waals surface area contributed by atoms with E-state index >= 15 is 0 Å². The molecule has 0 amide bonds. The van der Waals surface area contributed by atoms with E-state index in [0.717, 1.165) is 67.3 Å². The molecule has 0 spiro atoms. The van der Waals surface area contributed by atoms with E-state index in [1.165, 1.54) is 22.0 Å². The molecule has 0 aromatic heterocycles. The van der Waals surface area contributed by atoms with E-state index in [-0.39, 0.29) is 6.61 Å². The van der Waals surface area contributed by atoms with Gasteiger partial charge in [0.05, 0.1) is 20.3 Å². The predicted octanol–water partition coefficient (Wildman–Crippen LogP) is 5.96. The van der Waals surface area contributed by atoms with Gasteiger partial charge in [-0.1, -0.05) is 60.7 Å². The molecular weight excluding hydrogens is 474 g/mol. The fourth-order valence-corrected chi connectivity index (χ4v) is 5.60. The van der Waals surface area contributed by atoms with Gasteiger partial charge in [-0.15, -0.1) is 0 Å². The van der Waals surface area contributed by atoms with Crippen molar-refractivity contribution in [3.63, 3.8) is 0 Å². The first-order valence-corrected chi connectivity index (χ1v) is 13.3. The zero-order chi connectivity index (χ0) is 26.0. The van der Waals surface area contributed by atoms with Crippen LogP contribution in [0.1, 0.15) is 28.7 Å². The van der Waals surface area contributed by atoms with E-state index in [0.29, 0.717) is 0 Å². The summed E-state index contributed by atoms with van der Waals surface area (Å²) in [5.74, 6) is 1.68. The molecule has 2 aliphatic rings. The second-order valence-electron chi connectivity index (χ2n) is 9.88. The number of rotatable bonds is 7. The van der Waals surface area contributed by atoms with Gasteiger partial charge in [0.1, 0.15) is 11.5 Å². The Balaban J connectivity index is 1.49. The molecule has 2 aliphatic heterocycles. The third kappa shape index (κ3) is 4.42. The van der Waals surface area contributed by atoms with Crippen LogP contribution in [0.25, 0.3) is 16.8 Å². The molecule has 0 radical (unpaired) electrons. The van der Waals surface area contributed by atoms with E-state index in [1.54, 1.807) is 7.11 Å². The summed E-state index contributed by atoms with van der Waals surface area (Å²) in [7, 11) is 1.68. The number of aryl methyl sites for hydroxylation is 1. The van der Waals surface area contributed by atoms with Gasteiger partial charge < -0.3 is 24.2 Å². The van der Waals surface area contributed by atoms with Gasteiger partial charge in [0.25, 0.3) is 0 Å². The molecule has 0 bridgehead atoms. The molecule has 1 saturated heterocycles. The van der Waals surface area contributed by atoms with Crippen LogP contribution in [0.3, 0.4) is 0 Å². The van der Waals surface area contributed by atoms with Crippen molar-refractivity contribution >= 4 is 22.5 Å². The second-order valence-corrected chi connectivity index (χ2v) is 9.88. The molecular formula is C33H33NO4. The minimum absolute atomic E-state index is 0.194. The quantitative estimate of drug-likeness (QED) is 0.335. The van der Waals surface area contributed by atoms with Crippen LogP contribution in [0, 0.1) is 0 Å². The normalized spacial score (nSPS) is 18.7. The maximum atomic E-state index is 9.25. The Labute approximate surface area is 223 Å². The second kappa shape index (κ2) is 10.5. The molecule has 0 aliphatic carbocycles. The van der Waals surface area contributed by atoms with E-state index in [1.807, 2.05) is 12.1 Å². The lowest BCUT2D eigenvalue weighted by Crippen LogP contribution is -2.37. The van der Waals surface area contributed by atoms with Gasteiger partial charge in [-0.3, -0.25) is 0 Å². The summed E-state index contributed by atoms with van der Waals surface area (Å²) < 4.78 is 18.2. The maximum Gasteiger partial charge on any atom is 0.178 e. The Hall–Kier alpha value is -3.80. The first kappa shape index (κ1) is 24.5. The van der Waals surface area contributed by atoms with Crippen molar-refractivity contribution in [2.45, 2.75) is 18.4 Å². The maximum absolute atomic E-state index is 9.25. The summed E-state index contributed by atoms with van der Waals surface area (Å²) in [5.41, 5.74) is 4.78. The summed E-state index contributed by atoms with van der Waals surface area (Å²) in [6, 6.07) is 27.5. The highest BCUT2D eigenvalue weighted by Crippen LogP contribution is 2.47. The molecule has 1 unspecified atom stereocenters. The largest absolute Gasteiger partial charge is 0.497 e. The molecule has 1 N–H and O–H groups in total. The smallest absolute Gasteiger partial charge is 0.178 e. The molecule has 194 valence electrons. The molecule has 5 nitrogen and oxygen atoms in total. The number of hydrogen-bond acceptors (Lipinski definition) is 5. The highest BCUT2D eigenvalue weighted by atomic mass is 16.5. The van der Waals surface area contributed by atoms with Crippen molar-refractivity contribution in [1.29, 1.82) is 0 Å². The minimum Gasteiger partial charge on any atom is -0.497 e. The van der Waals surface area contributed by atoms with Gasteiger partial charge in [-0.2, -0.15) is 0 Å². The van der Waals surface area contributed by atoms with Crippen molar-refractivity contribution in [3.8, 4) is 11.5 Å². The van der Waals surface area contributed by atoms with Crippen LogP contribution >= 0.6 is 0 Å². The molecule has 5 heteroatoms. The summed E-state index contributed by atoms with van der Waals surface area (Å²) in [4.78, 5) is 2.40. The first-order valence-electron chi connectivity index (χ1n) is 13.3. The number of aliphatic hydroxyl groups excluding tert-OH is 1. The number of aliphatic hydroxyl groups is 1. The van der Waals surface area contributed by atoms with Crippen LogP contribution in [0.5, 0.6) is 11.5 Å². The average molecular weight is 508 g/mol. The number of benzene rings is 4. The summed E-state index contributed by atoms with van der Waals surface area (Å²) >= 11 is 0. The third-order valence-electron chi connectivity index (χ3n) is 7.66. The first-order chi connectivity index (χ1) is 18.7. The SMILES string of the molecule is COc1ccc(C2(c3ccc(CCCO)cc3)C=Cc3c(cc(N4CCOCC4)c4ccccc34)O2)cc1. The summed E-state index contributed by atoms with van der Waals surface area (Å²) in [6.45, 7) is 3.36. The molecule has 4 aromatic rings. The van der Waals surface area contributed by atoms with Crippen LogP contribution in [0.2, 0.25) is 0 Å². The number of nitrogens with zero attached hydrogens (tertiary/aromatic N) is 1. The predicted molar refractivity (Wildman–Crippen MR) is 152 cm³/mol. The summed E-state index contributed by atoms with van der Waals surface area (Å²) in [6.07, 6.45) is 6.00. The van der Waals surface area contributed by atoms with Gasteiger partial charge in [-0.25, -0.2) is 0 Å². The van der Waals surface area contributed by atoms with Gasteiger partial charge in [0.2, 0.25) is 0 Å². The Morgan fingerprint density at radius 1 is 0.895 bits per heavy atom. The minimum atomic E-state index is -0.792. The highest BCUT2D eigenvalue weighted by molar-refractivity contribution is 6.02. The summed E-state index contributed by atoms with van der Waals surface area (Å²) in [5, 5.41) is 11.7. The Kier molecular flexibility index (Phi) is 6.79. The van der Waals surface area contributed by atoms with Crippen molar-refractivity contribution in [3.05, 3.63) is 107 Å². The van der Waals surface area contributed by atoms with Crippen LogP contribution in [0.15, 0.2) is 84.9 Å². The number of ether oxygens (including phenoxy) is 3. The topological polar surface area (TPSA) is 51.2 Å². The molecule has 1 fully saturated rings. The Bertz CT molecular complexity index is 1440. The van der Waals surface area contributed by atoms with E-state index in [4.69, 9.17) is 14.2 Å². The van der Waals surface area contributed by atoms with Gasteiger partial charge >= 0.3 is 0 Å². The Morgan fingerprint density at radius 3 is 2.26 bits per heavy atom. The lowest BCUT2D eigenvalue weighted by Gasteiger charge is -2.38. The molecule has 6 rings (SSSR count). The lowest BCUT2D eigenvalue weighted by molar-refractivity contribution is 0.122. The van der Waals surface area contributed by atoms with Crippen molar-refractivity contribution < 1.29 is 19.3 Å². The average Bonchev–Trinajstić information content (AvgIpc) is 3.00. The number of methoxy groups -OCH3 is 1. The van der Waals surface area contributed by atoms with Crippen LogP contribution in [-0.4, -0.2) is 45.1 Å². The van der Waals surface area contributed by atoms with Gasteiger partial charge in [-0.05, 0) is 48.1 Å².